The Morgan fingerprint density at radius 2 is 1.96 bits per heavy atom. The number of fused-ring (bicyclic) bond motifs is 5. The van der Waals surface area contributed by atoms with Crippen LogP contribution in [-0.4, -0.2) is 11.2 Å². The molecule has 0 saturated heterocycles. The Kier molecular flexibility index (Phi) is 4.91. The monoisotopic (exact) mass is 356 g/mol. The van der Waals surface area contributed by atoms with Crippen LogP contribution >= 0.6 is 0 Å². The van der Waals surface area contributed by atoms with Gasteiger partial charge in [-0.1, -0.05) is 51.5 Å². The molecule has 1 N–H and O–H groups in total. The molecule has 4 aliphatic carbocycles. The van der Waals surface area contributed by atoms with E-state index < -0.39 is 0 Å². The third-order valence-electron chi connectivity index (χ3n) is 9.46. The average Bonchev–Trinajstić information content (AvgIpc) is 2.97. The summed E-state index contributed by atoms with van der Waals surface area (Å²) in [5.74, 6) is 4.29. The fraction of sp³-hybridized carbons (Fsp3) is 0.840. The Balaban J connectivity index is 1.59. The first-order valence-corrected chi connectivity index (χ1v) is 11.4. The fourth-order valence-electron chi connectivity index (χ4n) is 8.03. The highest BCUT2D eigenvalue weighted by Gasteiger charge is 2.58. The Hall–Kier alpha value is -0.560. The minimum Gasteiger partial charge on any atom is -0.393 e. The molecule has 26 heavy (non-hydrogen) atoms. The summed E-state index contributed by atoms with van der Waals surface area (Å²) in [4.78, 5) is 0. The van der Waals surface area contributed by atoms with E-state index in [-0.39, 0.29) is 6.10 Å². The summed E-state index contributed by atoms with van der Waals surface area (Å²) in [5.41, 5.74) is 2.54. The van der Waals surface area contributed by atoms with Crippen LogP contribution in [0, 0.1) is 40.4 Å². The Labute approximate surface area is 161 Å². The van der Waals surface area contributed by atoms with Gasteiger partial charge in [-0.25, -0.2) is 0 Å². The molecule has 4 rings (SSSR count). The predicted octanol–water partition coefficient (Wildman–Crippen LogP) is 6.53. The highest BCUT2D eigenvalue weighted by molar-refractivity contribution is 5.25. The lowest BCUT2D eigenvalue weighted by molar-refractivity contribution is -0.0540. The van der Waals surface area contributed by atoms with Gasteiger partial charge in [0.1, 0.15) is 0 Å². The molecule has 0 heterocycles. The van der Waals surface area contributed by atoms with Gasteiger partial charge < -0.3 is 5.11 Å². The molecular weight excluding hydrogens is 316 g/mol. The van der Waals surface area contributed by atoms with E-state index >= 15 is 0 Å². The highest BCUT2D eigenvalue weighted by atomic mass is 16.3. The van der Waals surface area contributed by atoms with E-state index in [1.807, 2.05) is 0 Å². The highest BCUT2D eigenvalue weighted by Crippen LogP contribution is 2.67. The SMILES string of the molecule is CC/C=C/[C@@H](C)[C@H]1CCC2C3CC=C4C[C@@H](O)CC[C@]4(C)C3CC[C@@]21C. The van der Waals surface area contributed by atoms with E-state index in [2.05, 4.69) is 45.9 Å². The first-order valence-electron chi connectivity index (χ1n) is 11.4. The van der Waals surface area contributed by atoms with Crippen molar-refractivity contribution in [3.63, 3.8) is 0 Å². The largest absolute Gasteiger partial charge is 0.393 e. The van der Waals surface area contributed by atoms with Crippen LogP contribution in [0.5, 0.6) is 0 Å². The molecule has 0 spiro atoms. The van der Waals surface area contributed by atoms with E-state index in [1.54, 1.807) is 5.57 Å². The number of allylic oxidation sites excluding steroid dienone is 3. The lowest BCUT2D eigenvalue weighted by atomic mass is 9.47. The van der Waals surface area contributed by atoms with Crippen LogP contribution in [0.15, 0.2) is 23.8 Å². The number of hydrogen-bond acceptors (Lipinski definition) is 1. The molecule has 146 valence electrons. The van der Waals surface area contributed by atoms with Crippen LogP contribution in [0.3, 0.4) is 0 Å². The van der Waals surface area contributed by atoms with Gasteiger partial charge in [-0.3, -0.25) is 0 Å². The fourth-order valence-corrected chi connectivity index (χ4v) is 8.03. The third kappa shape index (κ3) is 2.76. The van der Waals surface area contributed by atoms with Gasteiger partial charge in [-0.2, -0.15) is 0 Å². The van der Waals surface area contributed by atoms with Gasteiger partial charge >= 0.3 is 0 Å². The Morgan fingerprint density at radius 3 is 2.73 bits per heavy atom. The maximum Gasteiger partial charge on any atom is 0.0577 e. The molecule has 4 aliphatic rings. The smallest absolute Gasteiger partial charge is 0.0577 e. The second kappa shape index (κ2) is 6.80. The minimum absolute atomic E-state index is 0.0817. The van der Waals surface area contributed by atoms with Crippen molar-refractivity contribution < 1.29 is 5.11 Å². The summed E-state index contributed by atoms with van der Waals surface area (Å²) in [7, 11) is 0. The zero-order valence-electron chi connectivity index (χ0n) is 17.5. The molecule has 0 amide bonds. The number of rotatable bonds is 3. The van der Waals surface area contributed by atoms with Crippen molar-refractivity contribution in [2.24, 2.45) is 40.4 Å². The molecule has 0 bridgehead atoms. The topological polar surface area (TPSA) is 20.2 Å². The zero-order chi connectivity index (χ0) is 18.5. The van der Waals surface area contributed by atoms with Gasteiger partial charge in [-0.15, -0.1) is 0 Å². The molecule has 1 heteroatoms. The van der Waals surface area contributed by atoms with Crippen LogP contribution < -0.4 is 0 Å². The molecule has 8 atom stereocenters. The molecule has 0 aliphatic heterocycles. The number of aliphatic hydroxyl groups is 1. The molecule has 3 fully saturated rings. The third-order valence-corrected chi connectivity index (χ3v) is 9.46. The Morgan fingerprint density at radius 1 is 1.15 bits per heavy atom. The van der Waals surface area contributed by atoms with Crippen LogP contribution in [0.4, 0.5) is 0 Å². The summed E-state index contributed by atoms with van der Waals surface area (Å²) in [6.07, 6.45) is 18.7. The summed E-state index contributed by atoms with van der Waals surface area (Å²) in [5, 5.41) is 10.2. The van der Waals surface area contributed by atoms with Crippen LogP contribution in [0.1, 0.15) is 85.5 Å². The lowest BCUT2D eigenvalue weighted by Gasteiger charge is -2.58. The Bertz CT molecular complexity index is 589. The van der Waals surface area contributed by atoms with E-state index in [1.165, 1.54) is 44.9 Å². The van der Waals surface area contributed by atoms with Crippen molar-refractivity contribution in [2.45, 2.75) is 91.6 Å². The zero-order valence-corrected chi connectivity index (χ0v) is 17.5. The van der Waals surface area contributed by atoms with Crippen LogP contribution in [0.2, 0.25) is 0 Å². The second-order valence-corrected chi connectivity index (χ2v) is 10.6. The predicted molar refractivity (Wildman–Crippen MR) is 110 cm³/mol. The lowest BCUT2D eigenvalue weighted by Crippen LogP contribution is -2.50. The van der Waals surface area contributed by atoms with Crippen molar-refractivity contribution in [3.05, 3.63) is 23.8 Å². The summed E-state index contributed by atoms with van der Waals surface area (Å²) in [6, 6.07) is 0. The molecule has 1 nitrogen and oxygen atoms in total. The van der Waals surface area contributed by atoms with Gasteiger partial charge in [-0.05, 0) is 98.2 Å². The van der Waals surface area contributed by atoms with Crippen molar-refractivity contribution in [3.8, 4) is 0 Å². The molecule has 0 aromatic rings. The van der Waals surface area contributed by atoms with Gasteiger partial charge in [0.15, 0.2) is 0 Å². The maximum atomic E-state index is 10.2. The van der Waals surface area contributed by atoms with Crippen molar-refractivity contribution in [1.82, 2.24) is 0 Å². The summed E-state index contributed by atoms with van der Waals surface area (Å²) < 4.78 is 0. The first kappa shape index (κ1) is 18.8. The minimum atomic E-state index is -0.0817. The quantitative estimate of drug-likeness (QED) is 0.570. The molecule has 0 radical (unpaired) electrons. The van der Waals surface area contributed by atoms with Crippen molar-refractivity contribution >= 4 is 0 Å². The van der Waals surface area contributed by atoms with Crippen molar-refractivity contribution in [2.75, 3.05) is 0 Å². The number of hydrogen-bond donors (Lipinski definition) is 1. The van der Waals surface area contributed by atoms with Gasteiger partial charge in [0.25, 0.3) is 0 Å². The second-order valence-electron chi connectivity index (χ2n) is 10.6. The van der Waals surface area contributed by atoms with Crippen molar-refractivity contribution in [1.29, 1.82) is 0 Å². The van der Waals surface area contributed by atoms with Gasteiger partial charge in [0, 0.05) is 0 Å². The summed E-state index contributed by atoms with van der Waals surface area (Å²) >= 11 is 0. The summed E-state index contributed by atoms with van der Waals surface area (Å²) in [6.45, 7) is 9.91. The van der Waals surface area contributed by atoms with Gasteiger partial charge in [0.2, 0.25) is 0 Å². The van der Waals surface area contributed by atoms with E-state index in [4.69, 9.17) is 0 Å². The van der Waals surface area contributed by atoms with Crippen LogP contribution in [0.25, 0.3) is 0 Å². The number of aliphatic hydroxyl groups excluding tert-OH is 1. The normalized spacial score (nSPS) is 49.3. The van der Waals surface area contributed by atoms with E-state index in [0.717, 1.165) is 42.4 Å². The molecular formula is C25H40O. The molecule has 0 aromatic carbocycles. The van der Waals surface area contributed by atoms with E-state index in [0.29, 0.717) is 10.8 Å². The molecule has 3 saturated carbocycles. The first-order chi connectivity index (χ1) is 12.4. The van der Waals surface area contributed by atoms with Gasteiger partial charge in [0.05, 0.1) is 6.10 Å². The standard InChI is InChI=1S/C25H40O/c1-5-6-7-17(2)21-10-11-22-20-9-8-18-16-19(26)12-14-24(18,3)23(20)13-15-25(21,22)4/h6-8,17,19-23,26H,5,9-16H2,1-4H3/b7-6+/t17-,19+,20?,21-,22?,23?,24+,25-/m1/s1. The molecule has 3 unspecified atom stereocenters. The van der Waals surface area contributed by atoms with E-state index in [9.17, 15) is 5.11 Å². The van der Waals surface area contributed by atoms with Crippen LogP contribution in [-0.2, 0) is 0 Å². The molecule has 0 aromatic heterocycles. The maximum absolute atomic E-state index is 10.2. The average molecular weight is 357 g/mol.